The predicted octanol–water partition coefficient (Wildman–Crippen LogP) is 14.5. The lowest BCUT2D eigenvalue weighted by Gasteiger charge is -2.26. The first-order valence-electron chi connectivity index (χ1n) is 17.7. The van der Waals surface area contributed by atoms with Crippen LogP contribution in [-0.2, 0) is 6.42 Å². The van der Waals surface area contributed by atoms with Gasteiger partial charge in [-0.25, -0.2) is 0 Å². The van der Waals surface area contributed by atoms with Crippen molar-refractivity contribution in [2.45, 2.75) is 26.2 Å². The van der Waals surface area contributed by atoms with Crippen molar-refractivity contribution >= 4 is 70.1 Å². The molecular formula is C48H37NS. The monoisotopic (exact) mass is 659 g/mol. The van der Waals surface area contributed by atoms with Crippen molar-refractivity contribution in [1.29, 1.82) is 0 Å². The summed E-state index contributed by atoms with van der Waals surface area (Å²) in [4.78, 5) is 2.41. The normalized spacial score (nSPS) is 11.5. The highest BCUT2D eigenvalue weighted by atomic mass is 32.1. The number of anilines is 3. The van der Waals surface area contributed by atoms with Gasteiger partial charge in [0.1, 0.15) is 0 Å². The molecule has 9 aromatic rings. The molecule has 0 unspecified atom stereocenters. The van der Waals surface area contributed by atoms with Crippen molar-refractivity contribution in [3.05, 3.63) is 175 Å². The fourth-order valence-electron chi connectivity index (χ4n) is 7.47. The predicted molar refractivity (Wildman–Crippen MR) is 219 cm³/mol. The third kappa shape index (κ3) is 5.52. The molecule has 0 bridgehead atoms. The topological polar surface area (TPSA) is 3.24 Å². The zero-order valence-corrected chi connectivity index (χ0v) is 29.0. The minimum absolute atomic E-state index is 1.13. The first kappa shape index (κ1) is 30.4. The van der Waals surface area contributed by atoms with Gasteiger partial charge >= 0.3 is 0 Å². The standard InChI is InChI=1S/C48H37NS/c1-2-3-12-33-21-27-44-45-28-26-40(32-48(45)50-47(44)29-33)49(38-24-22-35(23-25-38)34-13-5-4-6-14-34)39-17-11-16-36(30-39)46-31-37-15-7-8-18-41(37)42-19-9-10-20-43(42)46/h4-11,13-32H,2-3,12H2,1H3. The average Bonchev–Trinajstić information content (AvgIpc) is 3.55. The molecule has 1 nitrogen and oxygen atoms in total. The minimum Gasteiger partial charge on any atom is -0.310 e. The maximum absolute atomic E-state index is 2.41. The van der Waals surface area contributed by atoms with Crippen LogP contribution in [0.15, 0.2) is 170 Å². The van der Waals surface area contributed by atoms with Crippen LogP contribution in [0.4, 0.5) is 17.1 Å². The van der Waals surface area contributed by atoms with Gasteiger partial charge in [-0.05, 0) is 111 Å². The molecule has 0 spiro atoms. The van der Waals surface area contributed by atoms with Crippen molar-refractivity contribution in [1.82, 2.24) is 0 Å². The third-order valence-corrected chi connectivity index (χ3v) is 11.1. The number of nitrogens with zero attached hydrogens (tertiary/aromatic N) is 1. The van der Waals surface area contributed by atoms with Gasteiger partial charge in [-0.2, -0.15) is 0 Å². The molecule has 0 radical (unpaired) electrons. The molecule has 0 saturated heterocycles. The van der Waals surface area contributed by atoms with Gasteiger partial charge in [-0.1, -0.05) is 135 Å². The Kier molecular flexibility index (Phi) is 7.87. The van der Waals surface area contributed by atoms with E-state index in [0.29, 0.717) is 0 Å². The SMILES string of the molecule is CCCCc1ccc2c(c1)sc1cc(N(c3ccc(-c4ccccc4)cc3)c3cccc(-c4cc5ccccc5c5ccccc45)c3)ccc12. The molecule has 9 rings (SSSR count). The summed E-state index contributed by atoms with van der Waals surface area (Å²) in [6, 6.07) is 62.6. The molecule has 0 fully saturated rings. The van der Waals surface area contributed by atoms with Crippen molar-refractivity contribution in [3.8, 4) is 22.3 Å². The average molecular weight is 660 g/mol. The van der Waals surface area contributed by atoms with Crippen molar-refractivity contribution in [3.63, 3.8) is 0 Å². The molecule has 1 aromatic heterocycles. The van der Waals surface area contributed by atoms with Crippen LogP contribution in [0.1, 0.15) is 25.3 Å². The molecule has 240 valence electrons. The Morgan fingerprint density at radius 2 is 1.08 bits per heavy atom. The Labute approximate surface area is 297 Å². The zero-order chi connectivity index (χ0) is 33.4. The second kappa shape index (κ2) is 13.0. The lowest BCUT2D eigenvalue weighted by molar-refractivity contribution is 0.796. The molecule has 2 heteroatoms. The second-order valence-corrected chi connectivity index (χ2v) is 14.3. The largest absolute Gasteiger partial charge is 0.310 e. The highest BCUT2D eigenvalue weighted by Gasteiger charge is 2.17. The van der Waals surface area contributed by atoms with E-state index in [1.165, 1.54) is 82.4 Å². The molecule has 50 heavy (non-hydrogen) atoms. The zero-order valence-electron chi connectivity index (χ0n) is 28.1. The number of fused-ring (bicyclic) bond motifs is 6. The van der Waals surface area contributed by atoms with Gasteiger partial charge in [0.05, 0.1) is 0 Å². The minimum atomic E-state index is 1.13. The van der Waals surface area contributed by atoms with Gasteiger partial charge in [-0.15, -0.1) is 11.3 Å². The number of thiophene rings is 1. The summed E-state index contributed by atoms with van der Waals surface area (Å²) < 4.78 is 2.68. The van der Waals surface area contributed by atoms with Gasteiger partial charge < -0.3 is 4.90 Å². The summed E-state index contributed by atoms with van der Waals surface area (Å²) in [5.74, 6) is 0. The van der Waals surface area contributed by atoms with E-state index in [-0.39, 0.29) is 0 Å². The number of hydrogen-bond donors (Lipinski definition) is 0. The van der Waals surface area contributed by atoms with Gasteiger partial charge in [-0.3, -0.25) is 0 Å². The van der Waals surface area contributed by atoms with Crippen LogP contribution in [0.3, 0.4) is 0 Å². The maximum atomic E-state index is 2.41. The number of aryl methyl sites for hydroxylation is 1. The Bertz CT molecular complexity index is 2630. The summed E-state index contributed by atoms with van der Waals surface area (Å²) in [6.07, 6.45) is 3.59. The summed E-state index contributed by atoms with van der Waals surface area (Å²) in [6.45, 7) is 2.26. The fourth-order valence-corrected chi connectivity index (χ4v) is 8.67. The quantitative estimate of drug-likeness (QED) is 0.147. The van der Waals surface area contributed by atoms with Crippen LogP contribution in [0.5, 0.6) is 0 Å². The molecule has 0 aliphatic carbocycles. The second-order valence-electron chi connectivity index (χ2n) is 13.2. The molecule has 0 aliphatic heterocycles. The van der Waals surface area contributed by atoms with Crippen LogP contribution in [-0.4, -0.2) is 0 Å². The summed E-state index contributed by atoms with van der Waals surface area (Å²) in [5.41, 5.74) is 9.75. The first-order valence-corrected chi connectivity index (χ1v) is 18.5. The smallest absolute Gasteiger partial charge is 0.0476 e. The molecule has 1 heterocycles. The van der Waals surface area contributed by atoms with Crippen molar-refractivity contribution in [2.75, 3.05) is 4.90 Å². The van der Waals surface area contributed by atoms with Crippen LogP contribution >= 0.6 is 11.3 Å². The molecule has 0 N–H and O–H groups in total. The van der Waals surface area contributed by atoms with Gasteiger partial charge in [0, 0.05) is 37.2 Å². The number of rotatable bonds is 8. The Balaban J connectivity index is 1.20. The van der Waals surface area contributed by atoms with Crippen LogP contribution in [0.25, 0.3) is 64.0 Å². The van der Waals surface area contributed by atoms with Gasteiger partial charge in [0.25, 0.3) is 0 Å². The van der Waals surface area contributed by atoms with Crippen LogP contribution < -0.4 is 4.90 Å². The molecule has 8 aromatic carbocycles. The van der Waals surface area contributed by atoms with E-state index in [0.717, 1.165) is 23.5 Å². The number of unbranched alkanes of at least 4 members (excludes halogenated alkanes) is 1. The van der Waals surface area contributed by atoms with Gasteiger partial charge in [0.15, 0.2) is 0 Å². The summed E-state index contributed by atoms with van der Waals surface area (Å²) >= 11 is 1.91. The van der Waals surface area contributed by atoms with E-state index in [9.17, 15) is 0 Å². The highest BCUT2D eigenvalue weighted by Crippen LogP contribution is 2.43. The summed E-state index contributed by atoms with van der Waals surface area (Å²) in [7, 11) is 0. The van der Waals surface area contributed by atoms with Crippen LogP contribution in [0.2, 0.25) is 0 Å². The molecule has 0 atom stereocenters. The molecule has 0 saturated carbocycles. The Hall–Kier alpha value is -5.70. The Morgan fingerprint density at radius 1 is 0.440 bits per heavy atom. The van der Waals surface area contributed by atoms with Gasteiger partial charge in [0.2, 0.25) is 0 Å². The molecular weight excluding hydrogens is 623 g/mol. The summed E-state index contributed by atoms with van der Waals surface area (Å²) in [5, 5.41) is 7.78. The maximum Gasteiger partial charge on any atom is 0.0476 e. The van der Waals surface area contributed by atoms with E-state index in [1.54, 1.807) is 0 Å². The van der Waals surface area contributed by atoms with E-state index < -0.39 is 0 Å². The highest BCUT2D eigenvalue weighted by molar-refractivity contribution is 7.25. The third-order valence-electron chi connectivity index (χ3n) is 10.0. The Morgan fingerprint density at radius 3 is 1.90 bits per heavy atom. The van der Waals surface area contributed by atoms with Crippen molar-refractivity contribution < 1.29 is 0 Å². The lowest BCUT2D eigenvalue weighted by atomic mass is 9.93. The van der Waals surface area contributed by atoms with E-state index >= 15 is 0 Å². The lowest BCUT2D eigenvalue weighted by Crippen LogP contribution is -2.10. The van der Waals surface area contributed by atoms with Crippen molar-refractivity contribution in [2.24, 2.45) is 0 Å². The first-order chi connectivity index (χ1) is 24.7. The van der Waals surface area contributed by atoms with E-state index in [1.807, 2.05) is 11.3 Å². The van der Waals surface area contributed by atoms with E-state index in [4.69, 9.17) is 0 Å². The number of benzene rings is 8. The number of hydrogen-bond acceptors (Lipinski definition) is 2. The molecule has 0 amide bonds. The van der Waals surface area contributed by atoms with Crippen LogP contribution in [0, 0.1) is 0 Å². The van der Waals surface area contributed by atoms with E-state index in [2.05, 4.69) is 182 Å². The fraction of sp³-hybridized carbons (Fsp3) is 0.0833. The molecule has 0 aliphatic rings.